The summed E-state index contributed by atoms with van der Waals surface area (Å²) in [5.41, 5.74) is 1.37. The Morgan fingerprint density at radius 1 is 1.39 bits per heavy atom. The summed E-state index contributed by atoms with van der Waals surface area (Å²) < 4.78 is 29.1. The molecule has 18 heavy (non-hydrogen) atoms. The minimum absolute atomic E-state index is 0.00405. The van der Waals surface area contributed by atoms with Crippen molar-refractivity contribution >= 4 is 31.6 Å². The van der Waals surface area contributed by atoms with Gasteiger partial charge in [-0.3, -0.25) is 4.72 Å². The summed E-state index contributed by atoms with van der Waals surface area (Å²) in [6.45, 7) is 1.83. The van der Waals surface area contributed by atoms with Crippen LogP contribution in [0.1, 0.15) is 5.56 Å². The molecule has 7 heteroatoms. The summed E-state index contributed by atoms with van der Waals surface area (Å²) in [5.74, 6) is 0. The van der Waals surface area contributed by atoms with Gasteiger partial charge in [-0.15, -0.1) is 0 Å². The summed E-state index contributed by atoms with van der Waals surface area (Å²) in [6, 6.07) is 5.34. The maximum Gasteiger partial charge on any atom is 0.280 e. The van der Waals surface area contributed by atoms with Crippen LogP contribution in [0.15, 0.2) is 40.2 Å². The fourth-order valence-corrected chi connectivity index (χ4v) is 2.92. The number of anilines is 1. The molecule has 0 saturated heterocycles. The summed E-state index contributed by atoms with van der Waals surface area (Å²) >= 11 is 3.36. The molecule has 0 unspecified atom stereocenters. The number of benzene rings is 1. The molecule has 0 aliphatic heterocycles. The number of aryl methyl sites for hydroxylation is 1. The van der Waals surface area contributed by atoms with Gasteiger partial charge in [0, 0.05) is 17.7 Å². The van der Waals surface area contributed by atoms with E-state index < -0.39 is 10.0 Å². The lowest BCUT2D eigenvalue weighted by Crippen LogP contribution is -2.14. The monoisotopic (exact) mass is 329 g/mol. The Kier molecular flexibility index (Phi) is 3.45. The molecule has 0 aliphatic rings. The molecule has 2 aromatic rings. The van der Waals surface area contributed by atoms with Crippen molar-refractivity contribution in [3.05, 3.63) is 40.8 Å². The van der Waals surface area contributed by atoms with Gasteiger partial charge in [0.2, 0.25) is 0 Å². The van der Waals surface area contributed by atoms with Crippen molar-refractivity contribution in [3.63, 3.8) is 0 Å². The van der Waals surface area contributed by atoms with Crippen LogP contribution >= 0.6 is 15.9 Å². The second kappa shape index (κ2) is 4.74. The molecule has 1 aromatic carbocycles. The largest absolute Gasteiger partial charge is 0.339 e. The van der Waals surface area contributed by atoms with E-state index in [1.807, 2.05) is 13.0 Å². The SMILES string of the molecule is Cc1c(Br)cccc1NS(=O)(=O)c1cn(C)cn1. The molecule has 2 rings (SSSR count). The van der Waals surface area contributed by atoms with E-state index in [2.05, 4.69) is 25.6 Å². The van der Waals surface area contributed by atoms with Crippen LogP contribution in [0.5, 0.6) is 0 Å². The summed E-state index contributed by atoms with van der Waals surface area (Å²) in [5, 5.41) is 0.00405. The maximum atomic E-state index is 12.1. The van der Waals surface area contributed by atoms with Crippen LogP contribution in [-0.4, -0.2) is 18.0 Å². The van der Waals surface area contributed by atoms with E-state index in [-0.39, 0.29) is 5.03 Å². The third-order valence-corrected chi connectivity index (χ3v) is 4.58. The van der Waals surface area contributed by atoms with Crippen LogP contribution < -0.4 is 4.72 Å². The quantitative estimate of drug-likeness (QED) is 0.939. The molecule has 1 aromatic heterocycles. The number of nitrogens with zero attached hydrogens (tertiary/aromatic N) is 2. The highest BCUT2D eigenvalue weighted by molar-refractivity contribution is 9.10. The Hall–Kier alpha value is -1.34. The third-order valence-electron chi connectivity index (χ3n) is 2.47. The molecule has 0 bridgehead atoms. The van der Waals surface area contributed by atoms with Crippen LogP contribution in [0.25, 0.3) is 0 Å². The smallest absolute Gasteiger partial charge is 0.280 e. The van der Waals surface area contributed by atoms with Gasteiger partial charge in [0.05, 0.1) is 12.0 Å². The Balaban J connectivity index is 2.37. The number of sulfonamides is 1. The first-order valence-electron chi connectivity index (χ1n) is 5.16. The number of halogens is 1. The number of hydrogen-bond donors (Lipinski definition) is 1. The molecule has 96 valence electrons. The van der Waals surface area contributed by atoms with E-state index in [9.17, 15) is 8.42 Å². The minimum atomic E-state index is -3.63. The highest BCUT2D eigenvalue weighted by Gasteiger charge is 2.18. The average Bonchev–Trinajstić information content (AvgIpc) is 2.72. The van der Waals surface area contributed by atoms with Crippen LogP contribution in [0.4, 0.5) is 5.69 Å². The van der Waals surface area contributed by atoms with Gasteiger partial charge in [-0.05, 0) is 24.6 Å². The van der Waals surface area contributed by atoms with E-state index in [1.165, 1.54) is 12.5 Å². The Morgan fingerprint density at radius 3 is 2.72 bits per heavy atom. The molecule has 0 atom stereocenters. The van der Waals surface area contributed by atoms with Gasteiger partial charge in [-0.1, -0.05) is 22.0 Å². The molecule has 0 spiro atoms. The maximum absolute atomic E-state index is 12.1. The van der Waals surface area contributed by atoms with Crippen molar-refractivity contribution in [2.24, 2.45) is 7.05 Å². The molecule has 0 aliphatic carbocycles. The fourth-order valence-electron chi connectivity index (χ4n) is 1.44. The van der Waals surface area contributed by atoms with Gasteiger partial charge in [-0.2, -0.15) is 8.42 Å². The van der Waals surface area contributed by atoms with Crippen molar-refractivity contribution in [1.82, 2.24) is 9.55 Å². The molecule has 5 nitrogen and oxygen atoms in total. The average molecular weight is 330 g/mol. The van der Waals surface area contributed by atoms with E-state index in [0.717, 1.165) is 10.0 Å². The molecule has 0 saturated carbocycles. The van der Waals surface area contributed by atoms with Crippen molar-refractivity contribution in [2.45, 2.75) is 11.9 Å². The summed E-state index contributed by atoms with van der Waals surface area (Å²) in [4.78, 5) is 3.84. The van der Waals surface area contributed by atoms with Crippen molar-refractivity contribution in [3.8, 4) is 0 Å². The summed E-state index contributed by atoms with van der Waals surface area (Å²) in [7, 11) is -1.92. The topological polar surface area (TPSA) is 64.0 Å². The predicted octanol–water partition coefficient (Wildman–Crippen LogP) is 2.29. The van der Waals surface area contributed by atoms with E-state index in [4.69, 9.17) is 0 Å². The first kappa shape index (κ1) is 13.1. The van der Waals surface area contributed by atoms with Gasteiger partial charge in [-0.25, -0.2) is 4.98 Å². The Labute approximate surface area is 114 Å². The fraction of sp³-hybridized carbons (Fsp3) is 0.182. The van der Waals surface area contributed by atoms with Crippen LogP contribution in [-0.2, 0) is 17.1 Å². The van der Waals surface area contributed by atoms with Crippen LogP contribution in [0, 0.1) is 6.92 Å². The highest BCUT2D eigenvalue weighted by Crippen LogP contribution is 2.25. The molecule has 0 fully saturated rings. The van der Waals surface area contributed by atoms with Crippen molar-refractivity contribution in [1.29, 1.82) is 0 Å². The second-order valence-electron chi connectivity index (χ2n) is 3.90. The highest BCUT2D eigenvalue weighted by atomic mass is 79.9. The van der Waals surface area contributed by atoms with Gasteiger partial charge >= 0.3 is 0 Å². The van der Waals surface area contributed by atoms with Gasteiger partial charge in [0.15, 0.2) is 5.03 Å². The van der Waals surface area contributed by atoms with E-state index in [0.29, 0.717) is 5.69 Å². The normalized spacial score (nSPS) is 11.5. The number of aromatic nitrogens is 2. The Bertz CT molecular complexity index is 679. The van der Waals surface area contributed by atoms with E-state index >= 15 is 0 Å². The predicted molar refractivity (Wildman–Crippen MR) is 72.9 cm³/mol. The van der Waals surface area contributed by atoms with Gasteiger partial charge < -0.3 is 4.57 Å². The van der Waals surface area contributed by atoms with Crippen LogP contribution in [0.2, 0.25) is 0 Å². The minimum Gasteiger partial charge on any atom is -0.339 e. The molecule has 1 heterocycles. The molecule has 0 radical (unpaired) electrons. The van der Waals surface area contributed by atoms with E-state index in [1.54, 1.807) is 23.7 Å². The number of rotatable bonds is 3. The van der Waals surface area contributed by atoms with Gasteiger partial charge in [0.25, 0.3) is 10.0 Å². The van der Waals surface area contributed by atoms with Gasteiger partial charge in [0.1, 0.15) is 0 Å². The third kappa shape index (κ3) is 2.56. The first-order chi connectivity index (χ1) is 8.40. The standard InChI is InChI=1S/C11H12BrN3O2S/c1-8-9(12)4-3-5-10(8)14-18(16,17)11-6-15(2)7-13-11/h3-7,14H,1-2H3. The van der Waals surface area contributed by atoms with Crippen molar-refractivity contribution < 1.29 is 8.42 Å². The molecular formula is C11H12BrN3O2S. The number of nitrogens with one attached hydrogen (secondary N) is 1. The summed E-state index contributed by atoms with van der Waals surface area (Å²) in [6.07, 6.45) is 2.90. The lowest BCUT2D eigenvalue weighted by Gasteiger charge is -2.09. The lowest BCUT2D eigenvalue weighted by atomic mass is 10.2. The van der Waals surface area contributed by atoms with Crippen LogP contribution in [0.3, 0.4) is 0 Å². The van der Waals surface area contributed by atoms with Crippen molar-refractivity contribution in [2.75, 3.05) is 4.72 Å². The first-order valence-corrected chi connectivity index (χ1v) is 7.43. The Morgan fingerprint density at radius 2 is 2.11 bits per heavy atom. The molecule has 1 N–H and O–H groups in total. The molecule has 0 amide bonds. The number of hydrogen-bond acceptors (Lipinski definition) is 3. The molecular weight excluding hydrogens is 318 g/mol. The zero-order valence-electron chi connectivity index (χ0n) is 9.88. The second-order valence-corrected chi connectivity index (χ2v) is 6.38. The zero-order chi connectivity index (χ0) is 13.3. The number of imidazole rings is 1. The zero-order valence-corrected chi connectivity index (χ0v) is 12.3. The lowest BCUT2D eigenvalue weighted by molar-refractivity contribution is 0.598.